The zero-order valence-electron chi connectivity index (χ0n) is 24.7. The minimum atomic E-state index is -3.49. The van der Waals surface area contributed by atoms with E-state index in [-0.39, 0.29) is 17.0 Å². The zero-order chi connectivity index (χ0) is 31.9. The number of aromatic nitrogens is 1. The number of amides is 1. The predicted molar refractivity (Wildman–Crippen MR) is 172 cm³/mol. The van der Waals surface area contributed by atoms with Gasteiger partial charge in [0.15, 0.2) is 19.7 Å². The zero-order valence-corrected chi connectivity index (χ0v) is 26.3. The van der Waals surface area contributed by atoms with Crippen LogP contribution in [0.25, 0.3) is 22.0 Å². The van der Waals surface area contributed by atoms with E-state index in [0.717, 1.165) is 11.6 Å². The van der Waals surface area contributed by atoms with Crippen LogP contribution in [0.5, 0.6) is 0 Å². The molecule has 0 saturated heterocycles. The standard InChI is InChI=1S/C34H31FN2O5S2/c1-34(2,44(4,41)42)27-20-25-11-8-18-36-32(25)30(21-27)24-12-17-31(35)26(19-24)22-37(33(38)23-9-6-5-7-10-23)28-13-15-29(16-14-28)43(3,39)40/h5-21H,22H2,1-4H3. The lowest BCUT2D eigenvalue weighted by molar-refractivity contribution is 0.0985. The molecule has 5 rings (SSSR count). The van der Waals surface area contributed by atoms with Gasteiger partial charge < -0.3 is 4.90 Å². The third kappa shape index (κ3) is 6.13. The monoisotopic (exact) mass is 630 g/mol. The molecule has 226 valence electrons. The molecule has 0 aliphatic carbocycles. The van der Waals surface area contributed by atoms with Gasteiger partial charge in [-0.1, -0.05) is 30.3 Å². The van der Waals surface area contributed by atoms with E-state index in [1.54, 1.807) is 80.7 Å². The van der Waals surface area contributed by atoms with Gasteiger partial charge in [0.25, 0.3) is 5.91 Å². The summed E-state index contributed by atoms with van der Waals surface area (Å²) in [5, 5.41) is 0.731. The van der Waals surface area contributed by atoms with Crippen LogP contribution in [0.3, 0.4) is 0 Å². The highest BCUT2D eigenvalue weighted by atomic mass is 32.2. The van der Waals surface area contributed by atoms with Gasteiger partial charge in [0.1, 0.15) is 5.82 Å². The Kier molecular flexibility index (Phi) is 8.17. The fraction of sp³-hybridized carbons (Fsp3) is 0.176. The van der Waals surface area contributed by atoms with Crippen LogP contribution in [0.1, 0.15) is 35.3 Å². The van der Waals surface area contributed by atoms with E-state index in [2.05, 4.69) is 4.98 Å². The summed E-state index contributed by atoms with van der Waals surface area (Å²) in [6.07, 6.45) is 3.93. The first kappa shape index (κ1) is 31.0. The molecule has 0 saturated carbocycles. The van der Waals surface area contributed by atoms with Gasteiger partial charge in [0, 0.05) is 46.5 Å². The molecule has 0 fully saturated rings. The van der Waals surface area contributed by atoms with Crippen molar-refractivity contribution in [3.05, 3.63) is 126 Å². The van der Waals surface area contributed by atoms with Crippen LogP contribution >= 0.6 is 0 Å². The van der Waals surface area contributed by atoms with Gasteiger partial charge in [0.05, 0.1) is 21.7 Å². The van der Waals surface area contributed by atoms with Gasteiger partial charge in [-0.2, -0.15) is 0 Å². The molecule has 1 heterocycles. The lowest BCUT2D eigenvalue weighted by Crippen LogP contribution is -2.30. The number of anilines is 1. The van der Waals surface area contributed by atoms with E-state index in [4.69, 9.17) is 0 Å². The molecule has 0 unspecified atom stereocenters. The maximum absolute atomic E-state index is 15.5. The van der Waals surface area contributed by atoms with E-state index in [0.29, 0.717) is 33.5 Å². The van der Waals surface area contributed by atoms with Crippen molar-refractivity contribution in [2.24, 2.45) is 0 Å². The number of nitrogens with zero attached hydrogens (tertiary/aromatic N) is 2. The number of rotatable bonds is 8. The van der Waals surface area contributed by atoms with E-state index in [1.165, 1.54) is 41.5 Å². The first-order chi connectivity index (χ1) is 20.7. The molecule has 0 spiro atoms. The fourth-order valence-corrected chi connectivity index (χ4v) is 6.07. The van der Waals surface area contributed by atoms with Gasteiger partial charge in [-0.15, -0.1) is 0 Å². The minimum absolute atomic E-state index is 0.0952. The topological polar surface area (TPSA) is 101 Å². The SMILES string of the molecule is CC(C)(c1cc(-c2ccc(F)c(CN(C(=O)c3ccccc3)c3ccc(S(C)(=O)=O)cc3)c2)c2ncccc2c1)S(C)(=O)=O. The van der Waals surface area contributed by atoms with Crippen LogP contribution in [0.4, 0.5) is 10.1 Å². The van der Waals surface area contributed by atoms with Crippen molar-refractivity contribution < 1.29 is 26.0 Å². The molecule has 10 heteroatoms. The van der Waals surface area contributed by atoms with Gasteiger partial charge in [0.2, 0.25) is 0 Å². The van der Waals surface area contributed by atoms with Crippen molar-refractivity contribution >= 4 is 42.2 Å². The Labute approximate surface area is 256 Å². The van der Waals surface area contributed by atoms with Gasteiger partial charge in [-0.3, -0.25) is 9.78 Å². The summed E-state index contributed by atoms with van der Waals surface area (Å²) in [6, 6.07) is 26.1. The second kappa shape index (κ2) is 11.6. The average molecular weight is 631 g/mol. The smallest absolute Gasteiger partial charge is 0.258 e. The molecular weight excluding hydrogens is 600 g/mol. The third-order valence-corrected chi connectivity index (χ3v) is 11.1. The van der Waals surface area contributed by atoms with E-state index in [1.807, 2.05) is 6.07 Å². The number of hydrogen-bond acceptors (Lipinski definition) is 6. The number of pyridine rings is 1. The molecule has 0 N–H and O–H groups in total. The second-order valence-corrected chi connectivity index (χ2v) is 15.8. The van der Waals surface area contributed by atoms with Crippen molar-refractivity contribution in [3.63, 3.8) is 0 Å². The second-order valence-electron chi connectivity index (χ2n) is 11.2. The number of halogens is 1. The highest BCUT2D eigenvalue weighted by Crippen LogP contribution is 2.37. The number of fused-ring (bicyclic) bond motifs is 1. The summed E-state index contributed by atoms with van der Waals surface area (Å²) in [5.74, 6) is -0.941. The van der Waals surface area contributed by atoms with Gasteiger partial charge in [-0.05, 0) is 91.7 Å². The summed E-state index contributed by atoms with van der Waals surface area (Å²) < 4.78 is 63.8. The molecule has 1 amide bonds. The number of carbonyl (C=O) groups is 1. The Balaban J connectivity index is 1.64. The van der Waals surface area contributed by atoms with Crippen LogP contribution in [-0.2, 0) is 31.0 Å². The molecule has 5 aromatic rings. The van der Waals surface area contributed by atoms with Gasteiger partial charge in [-0.25, -0.2) is 21.2 Å². The molecule has 4 aromatic carbocycles. The normalized spacial score (nSPS) is 12.3. The molecule has 0 atom stereocenters. The molecule has 1 aromatic heterocycles. The van der Waals surface area contributed by atoms with Crippen LogP contribution in [0, 0.1) is 5.82 Å². The third-order valence-electron chi connectivity index (χ3n) is 7.85. The van der Waals surface area contributed by atoms with E-state index >= 15 is 4.39 Å². The van der Waals surface area contributed by atoms with Crippen LogP contribution in [0.2, 0.25) is 0 Å². The molecule has 0 radical (unpaired) electrons. The minimum Gasteiger partial charge on any atom is -0.304 e. The van der Waals surface area contributed by atoms with Gasteiger partial charge >= 0.3 is 0 Å². The molecule has 44 heavy (non-hydrogen) atoms. The Bertz CT molecular complexity index is 2100. The molecule has 0 bridgehead atoms. The first-order valence-corrected chi connectivity index (χ1v) is 17.5. The van der Waals surface area contributed by atoms with Crippen LogP contribution in [-0.4, -0.2) is 40.2 Å². The maximum Gasteiger partial charge on any atom is 0.258 e. The molecule has 0 aliphatic rings. The van der Waals surface area contributed by atoms with E-state index < -0.39 is 36.1 Å². The molecular formula is C34H31FN2O5S2. The van der Waals surface area contributed by atoms with Crippen LogP contribution in [0.15, 0.2) is 108 Å². The van der Waals surface area contributed by atoms with Crippen molar-refractivity contribution in [2.45, 2.75) is 30.0 Å². The highest BCUT2D eigenvalue weighted by Gasteiger charge is 2.33. The van der Waals surface area contributed by atoms with Crippen molar-refractivity contribution in [1.82, 2.24) is 4.98 Å². The number of benzene rings is 4. The molecule has 0 aliphatic heterocycles. The maximum atomic E-state index is 15.5. The Morgan fingerprint density at radius 1 is 0.841 bits per heavy atom. The predicted octanol–water partition coefficient (Wildman–Crippen LogP) is 6.57. The Hall–Kier alpha value is -4.41. The van der Waals surface area contributed by atoms with Crippen molar-refractivity contribution in [3.8, 4) is 11.1 Å². The summed E-state index contributed by atoms with van der Waals surface area (Å²) in [6.45, 7) is 3.12. The lowest BCUT2D eigenvalue weighted by Gasteiger charge is -2.25. The lowest BCUT2D eigenvalue weighted by atomic mass is 9.93. The summed E-state index contributed by atoms with van der Waals surface area (Å²) >= 11 is 0. The first-order valence-electron chi connectivity index (χ1n) is 13.7. The Morgan fingerprint density at radius 2 is 1.52 bits per heavy atom. The molecule has 7 nitrogen and oxygen atoms in total. The highest BCUT2D eigenvalue weighted by molar-refractivity contribution is 7.91. The number of sulfone groups is 2. The average Bonchev–Trinajstić information content (AvgIpc) is 2.99. The summed E-state index contributed by atoms with van der Waals surface area (Å²) in [5.41, 5.74) is 3.36. The summed E-state index contributed by atoms with van der Waals surface area (Å²) in [4.78, 5) is 19.8. The van der Waals surface area contributed by atoms with Crippen molar-refractivity contribution in [2.75, 3.05) is 17.4 Å². The number of carbonyl (C=O) groups excluding carboxylic acids is 1. The van der Waals surface area contributed by atoms with Crippen molar-refractivity contribution in [1.29, 1.82) is 0 Å². The number of hydrogen-bond donors (Lipinski definition) is 0. The summed E-state index contributed by atoms with van der Waals surface area (Å²) in [7, 11) is -6.96. The Morgan fingerprint density at radius 3 is 2.16 bits per heavy atom. The van der Waals surface area contributed by atoms with E-state index in [9.17, 15) is 21.6 Å². The largest absolute Gasteiger partial charge is 0.304 e. The quantitative estimate of drug-likeness (QED) is 0.192. The fourth-order valence-electron chi connectivity index (χ4n) is 4.90. The van der Waals surface area contributed by atoms with Crippen LogP contribution < -0.4 is 4.90 Å².